The van der Waals surface area contributed by atoms with Crippen LogP contribution in [-0.4, -0.2) is 11.9 Å². The van der Waals surface area contributed by atoms with Crippen molar-refractivity contribution in [1.82, 2.24) is 0 Å². The highest BCUT2D eigenvalue weighted by atomic mass is 16.5. The number of ketones is 1. The minimum Gasteiger partial charge on any atom is -0.495 e. The summed E-state index contributed by atoms with van der Waals surface area (Å²) in [6.45, 7) is 2.22. The maximum Gasteiger partial charge on any atom is 0.136 e. The Morgan fingerprint density at radius 2 is 1.94 bits per heavy atom. The molecular weight excluding hydrogens is 212 g/mol. The van der Waals surface area contributed by atoms with E-state index in [1.807, 2.05) is 0 Å². The summed E-state index contributed by atoms with van der Waals surface area (Å²) in [7, 11) is 0. The third-order valence-corrected chi connectivity index (χ3v) is 4.74. The van der Waals surface area contributed by atoms with E-state index in [1.54, 1.807) is 0 Å². The number of Topliss-reactive ketones (excluding diaryl/α,β-unsaturated/α-hetero) is 1. The molecule has 2 heteroatoms. The van der Waals surface area contributed by atoms with Crippen molar-refractivity contribution >= 4 is 5.78 Å². The number of allylic oxidation sites excluding steroid dienone is 2. The summed E-state index contributed by atoms with van der Waals surface area (Å²) in [6.07, 6.45) is 9.16. The molecule has 1 saturated carbocycles. The van der Waals surface area contributed by atoms with Gasteiger partial charge < -0.3 is 4.74 Å². The summed E-state index contributed by atoms with van der Waals surface area (Å²) in [5, 5.41) is 0. The van der Waals surface area contributed by atoms with Gasteiger partial charge >= 0.3 is 0 Å². The first-order chi connectivity index (χ1) is 8.29. The fraction of sp³-hybridized carbons (Fsp3) is 0.800. The molecule has 94 valence electrons. The first kappa shape index (κ1) is 11.3. The minimum absolute atomic E-state index is 0.347. The van der Waals surface area contributed by atoms with E-state index < -0.39 is 0 Å². The molecule has 0 saturated heterocycles. The number of hydrogen-bond acceptors (Lipinski definition) is 2. The summed E-state index contributed by atoms with van der Waals surface area (Å²) in [5.41, 5.74) is 1.51. The normalized spacial score (nSPS) is 36.5. The molecule has 0 amide bonds. The first-order valence-corrected chi connectivity index (χ1v) is 7.21. The molecule has 0 radical (unpaired) electrons. The topological polar surface area (TPSA) is 26.3 Å². The lowest BCUT2D eigenvalue weighted by molar-refractivity contribution is -0.121. The van der Waals surface area contributed by atoms with Gasteiger partial charge in [0.05, 0.1) is 11.9 Å². The van der Waals surface area contributed by atoms with Crippen LogP contribution in [0.1, 0.15) is 58.3 Å². The molecular formula is C15H22O2. The second-order valence-electron chi connectivity index (χ2n) is 5.77. The fourth-order valence-electron chi connectivity index (χ4n) is 3.90. The van der Waals surface area contributed by atoms with Crippen molar-refractivity contribution in [2.24, 2.45) is 11.8 Å². The fourth-order valence-corrected chi connectivity index (χ4v) is 3.90. The predicted molar refractivity (Wildman–Crippen MR) is 66.5 cm³/mol. The Labute approximate surface area is 103 Å². The summed E-state index contributed by atoms with van der Waals surface area (Å²) < 4.78 is 6.14. The van der Waals surface area contributed by atoms with Crippen LogP contribution >= 0.6 is 0 Å². The third kappa shape index (κ3) is 1.92. The van der Waals surface area contributed by atoms with Gasteiger partial charge in [0.2, 0.25) is 0 Å². The highest BCUT2D eigenvalue weighted by molar-refractivity contribution is 5.84. The largest absolute Gasteiger partial charge is 0.495 e. The van der Waals surface area contributed by atoms with Crippen LogP contribution in [0.3, 0.4) is 0 Å². The van der Waals surface area contributed by atoms with Crippen molar-refractivity contribution < 1.29 is 9.53 Å². The SMILES string of the molecule is CCCC1CCC2=C(CC[C@@H]3C(=O)CC[C@H]23)O1. The molecule has 1 aliphatic heterocycles. The Bertz CT molecular complexity index is 356. The quantitative estimate of drug-likeness (QED) is 0.729. The number of hydrogen-bond donors (Lipinski definition) is 0. The third-order valence-electron chi connectivity index (χ3n) is 4.74. The van der Waals surface area contributed by atoms with Gasteiger partial charge in [-0.2, -0.15) is 0 Å². The standard InChI is InChI=1S/C15H22O2/c1-2-3-10-4-5-13-11-6-8-14(16)12(11)7-9-15(13)17-10/h10-12H,2-9H2,1H3/t10?,11-,12-/m0/s1. The minimum atomic E-state index is 0.347. The van der Waals surface area contributed by atoms with Crippen LogP contribution in [0.15, 0.2) is 11.3 Å². The average molecular weight is 234 g/mol. The van der Waals surface area contributed by atoms with Gasteiger partial charge in [-0.25, -0.2) is 0 Å². The lowest BCUT2D eigenvalue weighted by Crippen LogP contribution is -2.29. The van der Waals surface area contributed by atoms with Gasteiger partial charge in [0.15, 0.2) is 0 Å². The predicted octanol–water partition coefficient (Wildman–Crippen LogP) is 3.61. The number of carbonyl (C=O) groups excluding carboxylic acids is 1. The van der Waals surface area contributed by atoms with E-state index in [9.17, 15) is 4.79 Å². The Morgan fingerprint density at radius 3 is 2.76 bits per heavy atom. The Hall–Kier alpha value is -0.790. The molecule has 0 aromatic rings. The molecule has 3 atom stereocenters. The van der Waals surface area contributed by atoms with Crippen LogP contribution in [0.4, 0.5) is 0 Å². The Morgan fingerprint density at radius 1 is 1.12 bits per heavy atom. The molecule has 0 bridgehead atoms. The van der Waals surface area contributed by atoms with Crippen molar-refractivity contribution in [1.29, 1.82) is 0 Å². The molecule has 2 aliphatic carbocycles. The second kappa shape index (κ2) is 4.47. The summed E-state index contributed by atoms with van der Waals surface area (Å²) in [5.74, 6) is 2.68. The molecule has 1 fully saturated rings. The van der Waals surface area contributed by atoms with E-state index in [0.717, 1.165) is 25.7 Å². The van der Waals surface area contributed by atoms with Gasteiger partial charge in [0.1, 0.15) is 5.78 Å². The van der Waals surface area contributed by atoms with Gasteiger partial charge in [-0.15, -0.1) is 0 Å². The Balaban J connectivity index is 1.78. The summed E-state index contributed by atoms with van der Waals surface area (Å²) in [6, 6.07) is 0. The van der Waals surface area contributed by atoms with Crippen molar-refractivity contribution in [3.8, 4) is 0 Å². The smallest absolute Gasteiger partial charge is 0.136 e. The van der Waals surface area contributed by atoms with Crippen LogP contribution < -0.4 is 0 Å². The highest BCUT2D eigenvalue weighted by Crippen LogP contribution is 2.47. The maximum atomic E-state index is 11.8. The molecule has 1 heterocycles. The van der Waals surface area contributed by atoms with Gasteiger partial charge in [-0.05, 0) is 43.6 Å². The van der Waals surface area contributed by atoms with Crippen LogP contribution in [0, 0.1) is 11.8 Å². The molecule has 2 nitrogen and oxygen atoms in total. The molecule has 0 aromatic heterocycles. The summed E-state index contributed by atoms with van der Waals surface area (Å²) >= 11 is 0. The first-order valence-electron chi connectivity index (χ1n) is 7.21. The van der Waals surface area contributed by atoms with Gasteiger partial charge in [-0.3, -0.25) is 4.79 Å². The van der Waals surface area contributed by atoms with E-state index in [0.29, 0.717) is 23.7 Å². The maximum absolute atomic E-state index is 11.8. The number of rotatable bonds is 2. The number of ether oxygens (including phenoxy) is 1. The molecule has 17 heavy (non-hydrogen) atoms. The summed E-state index contributed by atoms with van der Waals surface area (Å²) in [4.78, 5) is 11.8. The zero-order valence-electron chi connectivity index (χ0n) is 10.7. The van der Waals surface area contributed by atoms with E-state index in [1.165, 1.54) is 37.0 Å². The van der Waals surface area contributed by atoms with Crippen molar-refractivity contribution in [2.45, 2.75) is 64.4 Å². The van der Waals surface area contributed by atoms with Gasteiger partial charge in [-0.1, -0.05) is 13.3 Å². The Kier molecular flexibility index (Phi) is 2.97. The van der Waals surface area contributed by atoms with E-state index in [4.69, 9.17) is 4.74 Å². The number of carbonyl (C=O) groups is 1. The molecule has 0 aromatic carbocycles. The lowest BCUT2D eigenvalue weighted by atomic mass is 9.76. The van der Waals surface area contributed by atoms with Gasteiger partial charge in [0, 0.05) is 18.8 Å². The second-order valence-corrected chi connectivity index (χ2v) is 5.77. The average Bonchev–Trinajstić information content (AvgIpc) is 2.72. The molecule has 3 aliphatic rings. The van der Waals surface area contributed by atoms with E-state index in [-0.39, 0.29) is 0 Å². The van der Waals surface area contributed by atoms with Gasteiger partial charge in [0.25, 0.3) is 0 Å². The van der Waals surface area contributed by atoms with Crippen LogP contribution in [-0.2, 0) is 9.53 Å². The van der Waals surface area contributed by atoms with Crippen molar-refractivity contribution in [3.05, 3.63) is 11.3 Å². The van der Waals surface area contributed by atoms with Crippen molar-refractivity contribution in [3.63, 3.8) is 0 Å². The van der Waals surface area contributed by atoms with Crippen LogP contribution in [0.25, 0.3) is 0 Å². The molecule has 0 N–H and O–H groups in total. The van der Waals surface area contributed by atoms with Crippen LogP contribution in [0.2, 0.25) is 0 Å². The molecule has 1 unspecified atom stereocenters. The van der Waals surface area contributed by atoms with Crippen LogP contribution in [0.5, 0.6) is 0 Å². The zero-order chi connectivity index (χ0) is 11.8. The number of fused-ring (bicyclic) bond motifs is 2. The zero-order valence-corrected chi connectivity index (χ0v) is 10.7. The van der Waals surface area contributed by atoms with Crippen molar-refractivity contribution in [2.75, 3.05) is 0 Å². The highest BCUT2D eigenvalue weighted by Gasteiger charge is 2.42. The van der Waals surface area contributed by atoms with E-state index >= 15 is 0 Å². The molecule has 3 rings (SSSR count). The van der Waals surface area contributed by atoms with E-state index in [2.05, 4.69) is 6.92 Å². The molecule has 0 spiro atoms. The lowest BCUT2D eigenvalue weighted by Gasteiger charge is -2.36. The monoisotopic (exact) mass is 234 g/mol.